The lowest BCUT2D eigenvalue weighted by Crippen LogP contribution is -2.45. The Labute approximate surface area is 209 Å². The molecule has 34 heavy (non-hydrogen) atoms. The molecule has 0 atom stereocenters. The van der Waals surface area contributed by atoms with Crippen LogP contribution in [0.25, 0.3) is 0 Å². The molecular formula is C28H30BrNO4. The van der Waals surface area contributed by atoms with Gasteiger partial charge in [-0.05, 0) is 54.2 Å². The molecule has 0 aliphatic carbocycles. The average Bonchev–Trinajstić information content (AvgIpc) is 2.87. The standard InChI is InChI=1S/C28H30BrNO4/c29-16-12-21-6-9-24(10-7-21)34-19-13-22-8-11-26(31)25(20-22)28(23-4-2-1-3-5-23)14-17-30(18-15-28)27(32)33/h1-11,20,31H,12-19H2,(H,32,33). The fraction of sp³-hybridized carbons (Fsp3) is 0.321. The van der Waals surface area contributed by atoms with Crippen LogP contribution in [0.2, 0.25) is 0 Å². The number of phenolic OH excluding ortho intramolecular Hbond substituents is 1. The number of phenols is 1. The monoisotopic (exact) mass is 523 g/mol. The van der Waals surface area contributed by atoms with Gasteiger partial charge < -0.3 is 19.8 Å². The van der Waals surface area contributed by atoms with E-state index in [0.29, 0.717) is 39.0 Å². The molecule has 1 saturated heterocycles. The smallest absolute Gasteiger partial charge is 0.407 e. The van der Waals surface area contributed by atoms with Crippen molar-refractivity contribution in [3.63, 3.8) is 0 Å². The molecule has 1 aliphatic heterocycles. The van der Waals surface area contributed by atoms with E-state index in [4.69, 9.17) is 4.74 Å². The molecule has 1 aliphatic rings. The molecule has 5 nitrogen and oxygen atoms in total. The molecule has 1 heterocycles. The Morgan fingerprint density at radius 1 is 0.941 bits per heavy atom. The number of benzene rings is 3. The molecule has 0 aromatic heterocycles. The molecule has 4 rings (SSSR count). The fourth-order valence-electron chi connectivity index (χ4n) is 4.82. The Balaban J connectivity index is 1.53. The predicted molar refractivity (Wildman–Crippen MR) is 137 cm³/mol. The third-order valence-electron chi connectivity index (χ3n) is 6.76. The maximum Gasteiger partial charge on any atom is 0.407 e. The van der Waals surface area contributed by atoms with Crippen LogP contribution in [0.15, 0.2) is 72.8 Å². The number of aryl methyl sites for hydroxylation is 1. The van der Waals surface area contributed by atoms with Crippen LogP contribution >= 0.6 is 15.9 Å². The van der Waals surface area contributed by atoms with Crippen molar-refractivity contribution in [2.75, 3.05) is 25.0 Å². The summed E-state index contributed by atoms with van der Waals surface area (Å²) in [4.78, 5) is 13.0. The number of carbonyl (C=O) groups is 1. The van der Waals surface area contributed by atoms with Crippen molar-refractivity contribution in [2.45, 2.75) is 31.1 Å². The van der Waals surface area contributed by atoms with E-state index in [1.165, 1.54) is 10.5 Å². The number of carboxylic acid groups (broad SMARTS) is 1. The number of likely N-dealkylation sites (tertiary alicyclic amines) is 1. The first-order valence-corrected chi connectivity index (χ1v) is 12.8. The van der Waals surface area contributed by atoms with Gasteiger partial charge in [0.15, 0.2) is 0 Å². The van der Waals surface area contributed by atoms with E-state index < -0.39 is 11.5 Å². The largest absolute Gasteiger partial charge is 0.508 e. The zero-order valence-electron chi connectivity index (χ0n) is 19.1. The highest BCUT2D eigenvalue weighted by Crippen LogP contribution is 2.45. The Morgan fingerprint density at radius 3 is 2.26 bits per heavy atom. The summed E-state index contributed by atoms with van der Waals surface area (Å²) in [5.74, 6) is 1.10. The topological polar surface area (TPSA) is 70.0 Å². The summed E-state index contributed by atoms with van der Waals surface area (Å²) in [6.07, 6.45) is 2.05. The number of ether oxygens (including phenoxy) is 1. The van der Waals surface area contributed by atoms with E-state index in [1.54, 1.807) is 6.07 Å². The van der Waals surface area contributed by atoms with Crippen molar-refractivity contribution in [3.05, 3.63) is 95.1 Å². The second kappa shape index (κ2) is 11.0. The zero-order chi connectivity index (χ0) is 24.0. The van der Waals surface area contributed by atoms with Crippen LogP contribution in [-0.4, -0.2) is 46.2 Å². The third-order valence-corrected chi connectivity index (χ3v) is 7.15. The van der Waals surface area contributed by atoms with Crippen molar-refractivity contribution in [1.82, 2.24) is 4.90 Å². The molecule has 6 heteroatoms. The minimum absolute atomic E-state index is 0.250. The number of piperidine rings is 1. The maximum absolute atomic E-state index is 11.5. The number of nitrogens with zero attached hydrogens (tertiary/aromatic N) is 1. The van der Waals surface area contributed by atoms with Crippen LogP contribution in [0.1, 0.15) is 35.1 Å². The Morgan fingerprint density at radius 2 is 1.62 bits per heavy atom. The molecule has 1 amide bonds. The first-order chi connectivity index (χ1) is 16.5. The van der Waals surface area contributed by atoms with Gasteiger partial charge in [-0.25, -0.2) is 4.79 Å². The van der Waals surface area contributed by atoms with Crippen LogP contribution < -0.4 is 4.74 Å². The molecule has 1 fully saturated rings. The highest BCUT2D eigenvalue weighted by atomic mass is 79.9. The van der Waals surface area contributed by atoms with Gasteiger partial charge in [-0.2, -0.15) is 0 Å². The van der Waals surface area contributed by atoms with E-state index in [1.807, 2.05) is 36.4 Å². The highest BCUT2D eigenvalue weighted by Gasteiger charge is 2.40. The zero-order valence-corrected chi connectivity index (χ0v) is 20.7. The first kappa shape index (κ1) is 24.1. The van der Waals surface area contributed by atoms with Crippen molar-refractivity contribution < 1.29 is 19.7 Å². The number of amides is 1. The van der Waals surface area contributed by atoms with Gasteiger partial charge in [-0.1, -0.05) is 70.5 Å². The third kappa shape index (κ3) is 5.39. The molecule has 0 unspecified atom stereocenters. The van der Waals surface area contributed by atoms with Crippen LogP contribution in [0.4, 0.5) is 4.79 Å². The van der Waals surface area contributed by atoms with E-state index >= 15 is 0 Å². The Bertz CT molecular complexity index is 1090. The van der Waals surface area contributed by atoms with Crippen molar-refractivity contribution in [2.24, 2.45) is 0 Å². The molecule has 3 aromatic rings. The number of rotatable bonds is 8. The van der Waals surface area contributed by atoms with Gasteiger partial charge in [0.2, 0.25) is 0 Å². The number of aromatic hydroxyl groups is 1. The summed E-state index contributed by atoms with van der Waals surface area (Å²) < 4.78 is 5.96. The summed E-state index contributed by atoms with van der Waals surface area (Å²) in [6, 6.07) is 24.1. The van der Waals surface area contributed by atoms with E-state index in [0.717, 1.165) is 34.2 Å². The first-order valence-electron chi connectivity index (χ1n) is 11.7. The highest BCUT2D eigenvalue weighted by molar-refractivity contribution is 9.09. The lowest BCUT2D eigenvalue weighted by Gasteiger charge is -2.42. The van der Waals surface area contributed by atoms with Gasteiger partial charge in [0.1, 0.15) is 11.5 Å². The summed E-state index contributed by atoms with van der Waals surface area (Å²) in [6.45, 7) is 1.40. The number of hydrogen-bond acceptors (Lipinski definition) is 3. The van der Waals surface area contributed by atoms with Crippen LogP contribution in [0.5, 0.6) is 11.5 Å². The lowest BCUT2D eigenvalue weighted by atomic mass is 9.67. The van der Waals surface area contributed by atoms with E-state index in [-0.39, 0.29) is 5.75 Å². The quantitative estimate of drug-likeness (QED) is 0.354. The number of alkyl halides is 1. The van der Waals surface area contributed by atoms with Gasteiger partial charge in [-0.3, -0.25) is 0 Å². The van der Waals surface area contributed by atoms with Gasteiger partial charge in [0.25, 0.3) is 0 Å². The molecular weight excluding hydrogens is 494 g/mol. The van der Waals surface area contributed by atoms with E-state index in [9.17, 15) is 15.0 Å². The summed E-state index contributed by atoms with van der Waals surface area (Å²) in [5, 5.41) is 21.3. The molecule has 0 bridgehead atoms. The van der Waals surface area contributed by atoms with Gasteiger partial charge in [0, 0.05) is 35.8 Å². The van der Waals surface area contributed by atoms with Crippen LogP contribution in [0, 0.1) is 0 Å². The minimum atomic E-state index is -0.892. The van der Waals surface area contributed by atoms with Crippen LogP contribution in [0.3, 0.4) is 0 Å². The number of halogens is 1. The van der Waals surface area contributed by atoms with Crippen molar-refractivity contribution in [1.29, 1.82) is 0 Å². The Hall–Kier alpha value is -2.99. The van der Waals surface area contributed by atoms with Crippen LogP contribution in [-0.2, 0) is 18.3 Å². The SMILES string of the molecule is O=C(O)N1CCC(c2ccccc2)(c2cc(CCOc3ccc(CCBr)cc3)ccc2O)CC1. The van der Waals surface area contributed by atoms with Crippen molar-refractivity contribution in [3.8, 4) is 11.5 Å². The predicted octanol–water partition coefficient (Wildman–Crippen LogP) is 6.01. The van der Waals surface area contributed by atoms with Gasteiger partial charge in [0.05, 0.1) is 6.61 Å². The number of hydrogen-bond donors (Lipinski definition) is 2. The summed E-state index contributed by atoms with van der Waals surface area (Å²) in [7, 11) is 0. The summed E-state index contributed by atoms with van der Waals surface area (Å²) in [5.41, 5.74) is 3.89. The maximum atomic E-state index is 11.5. The van der Waals surface area contributed by atoms with Gasteiger partial charge in [-0.15, -0.1) is 0 Å². The fourth-order valence-corrected chi connectivity index (χ4v) is 5.28. The second-order valence-electron chi connectivity index (χ2n) is 8.75. The summed E-state index contributed by atoms with van der Waals surface area (Å²) >= 11 is 3.46. The van der Waals surface area contributed by atoms with Gasteiger partial charge >= 0.3 is 6.09 Å². The molecule has 0 saturated carbocycles. The normalized spacial score (nSPS) is 15.1. The molecule has 3 aromatic carbocycles. The van der Waals surface area contributed by atoms with E-state index in [2.05, 4.69) is 46.3 Å². The van der Waals surface area contributed by atoms with Crippen molar-refractivity contribution >= 4 is 22.0 Å². The molecule has 0 radical (unpaired) electrons. The minimum Gasteiger partial charge on any atom is -0.508 e. The Kier molecular flexibility index (Phi) is 7.78. The molecule has 0 spiro atoms. The lowest BCUT2D eigenvalue weighted by molar-refractivity contribution is 0.122. The second-order valence-corrected chi connectivity index (χ2v) is 9.54. The average molecular weight is 524 g/mol. The molecule has 2 N–H and O–H groups in total. The molecule has 178 valence electrons.